The molecule has 1 aromatic heterocycles. The first-order valence-electron chi connectivity index (χ1n) is 5.72. The number of rotatable bonds is 8. The lowest BCUT2D eigenvalue weighted by Crippen LogP contribution is -2.39. The number of aromatic nitrogens is 3. The number of aryl methyl sites for hydroxylation is 1. The van der Waals surface area contributed by atoms with Gasteiger partial charge in [0.1, 0.15) is 12.2 Å². The first-order valence-corrected chi connectivity index (χ1v) is 6.87. The number of thioether (sulfide) groups is 1. The van der Waals surface area contributed by atoms with Crippen molar-refractivity contribution in [2.45, 2.75) is 39.3 Å². The SMILES string of the molecule is CCCSCC(Cc1ncnn1CC)NN. The molecule has 5 nitrogen and oxygen atoms in total. The lowest BCUT2D eigenvalue weighted by molar-refractivity contribution is 0.527. The van der Waals surface area contributed by atoms with E-state index in [0.29, 0.717) is 0 Å². The van der Waals surface area contributed by atoms with Crippen LogP contribution in [0.15, 0.2) is 6.33 Å². The summed E-state index contributed by atoms with van der Waals surface area (Å²) in [5, 5.41) is 4.15. The van der Waals surface area contributed by atoms with Crippen molar-refractivity contribution in [3.05, 3.63) is 12.2 Å². The zero-order valence-corrected chi connectivity index (χ0v) is 10.8. The Bertz CT molecular complexity index is 288. The summed E-state index contributed by atoms with van der Waals surface area (Å²) in [6, 6.07) is 0.269. The largest absolute Gasteiger partial charge is 0.271 e. The molecule has 0 saturated heterocycles. The minimum atomic E-state index is 0.269. The van der Waals surface area contributed by atoms with Crippen molar-refractivity contribution < 1.29 is 0 Å². The Morgan fingerprint density at radius 1 is 1.56 bits per heavy atom. The predicted octanol–water partition coefficient (Wildman–Crippen LogP) is 0.816. The van der Waals surface area contributed by atoms with Gasteiger partial charge in [-0.05, 0) is 19.1 Å². The molecule has 0 aliphatic heterocycles. The second-order valence-corrected chi connectivity index (χ2v) is 4.78. The topological polar surface area (TPSA) is 68.8 Å². The van der Waals surface area contributed by atoms with Crippen molar-refractivity contribution >= 4 is 11.8 Å². The van der Waals surface area contributed by atoms with Gasteiger partial charge in [-0.1, -0.05) is 6.92 Å². The van der Waals surface area contributed by atoms with E-state index in [9.17, 15) is 0 Å². The van der Waals surface area contributed by atoms with Gasteiger partial charge >= 0.3 is 0 Å². The van der Waals surface area contributed by atoms with Crippen LogP contribution in [0.5, 0.6) is 0 Å². The van der Waals surface area contributed by atoms with Crippen molar-refractivity contribution in [3.8, 4) is 0 Å². The Morgan fingerprint density at radius 3 is 3.00 bits per heavy atom. The van der Waals surface area contributed by atoms with Crippen molar-refractivity contribution in [1.29, 1.82) is 0 Å². The number of nitrogens with zero attached hydrogens (tertiary/aromatic N) is 3. The molecule has 0 saturated carbocycles. The van der Waals surface area contributed by atoms with Crippen LogP contribution in [-0.4, -0.2) is 32.3 Å². The maximum Gasteiger partial charge on any atom is 0.138 e. The maximum absolute atomic E-state index is 5.54. The molecule has 1 aromatic rings. The van der Waals surface area contributed by atoms with E-state index in [1.54, 1.807) is 6.33 Å². The molecular weight excluding hydrogens is 222 g/mol. The summed E-state index contributed by atoms with van der Waals surface area (Å²) in [7, 11) is 0. The van der Waals surface area contributed by atoms with Crippen molar-refractivity contribution in [1.82, 2.24) is 20.2 Å². The van der Waals surface area contributed by atoms with E-state index in [1.165, 1.54) is 12.2 Å². The molecule has 92 valence electrons. The van der Waals surface area contributed by atoms with E-state index in [-0.39, 0.29) is 6.04 Å². The fraction of sp³-hybridized carbons (Fsp3) is 0.800. The van der Waals surface area contributed by atoms with Gasteiger partial charge in [0.2, 0.25) is 0 Å². The Hall–Kier alpha value is -0.590. The Kier molecular flexibility index (Phi) is 6.44. The summed E-state index contributed by atoms with van der Waals surface area (Å²) in [5.41, 5.74) is 2.85. The van der Waals surface area contributed by atoms with Crippen LogP contribution in [0.25, 0.3) is 0 Å². The number of hydrogen-bond donors (Lipinski definition) is 2. The van der Waals surface area contributed by atoms with Crippen LogP contribution in [0.1, 0.15) is 26.1 Å². The third-order valence-electron chi connectivity index (χ3n) is 2.33. The molecule has 1 rings (SSSR count). The molecule has 0 aliphatic carbocycles. The third kappa shape index (κ3) is 4.11. The zero-order valence-electron chi connectivity index (χ0n) is 10.0. The Morgan fingerprint density at radius 2 is 2.38 bits per heavy atom. The standard InChI is InChI=1S/C10H21N5S/c1-3-5-16-7-9(14-11)6-10-12-8-13-15(10)4-2/h8-9,14H,3-7,11H2,1-2H3. The summed E-state index contributed by atoms with van der Waals surface area (Å²) in [5.74, 6) is 8.74. The molecule has 1 atom stereocenters. The second kappa shape index (κ2) is 7.65. The molecule has 1 heterocycles. The van der Waals surface area contributed by atoms with Crippen LogP contribution in [0.4, 0.5) is 0 Å². The van der Waals surface area contributed by atoms with Crippen LogP contribution in [0.3, 0.4) is 0 Å². The number of nitrogens with one attached hydrogen (secondary N) is 1. The molecule has 0 fully saturated rings. The van der Waals surface area contributed by atoms with Gasteiger partial charge in [0.25, 0.3) is 0 Å². The number of hydrogen-bond acceptors (Lipinski definition) is 5. The minimum absolute atomic E-state index is 0.269. The highest BCUT2D eigenvalue weighted by atomic mass is 32.2. The summed E-state index contributed by atoms with van der Waals surface area (Å²) in [6.45, 7) is 5.11. The van der Waals surface area contributed by atoms with Gasteiger partial charge in [0, 0.05) is 24.8 Å². The van der Waals surface area contributed by atoms with Crippen molar-refractivity contribution in [2.75, 3.05) is 11.5 Å². The lowest BCUT2D eigenvalue weighted by atomic mass is 10.2. The molecular formula is C10H21N5S. The molecule has 3 N–H and O–H groups in total. The molecule has 0 bridgehead atoms. The molecule has 6 heteroatoms. The van der Waals surface area contributed by atoms with Gasteiger partial charge in [-0.15, -0.1) is 0 Å². The van der Waals surface area contributed by atoms with E-state index in [2.05, 4.69) is 29.4 Å². The van der Waals surface area contributed by atoms with Crippen LogP contribution < -0.4 is 11.3 Å². The van der Waals surface area contributed by atoms with Gasteiger partial charge in [-0.3, -0.25) is 16.0 Å². The average Bonchev–Trinajstić information content (AvgIpc) is 2.75. The highest BCUT2D eigenvalue weighted by molar-refractivity contribution is 7.99. The summed E-state index contributed by atoms with van der Waals surface area (Å²) < 4.78 is 1.91. The molecule has 0 aliphatic rings. The summed E-state index contributed by atoms with van der Waals surface area (Å²) >= 11 is 1.92. The Labute approximate surface area is 101 Å². The normalized spacial score (nSPS) is 12.9. The molecule has 0 spiro atoms. The monoisotopic (exact) mass is 243 g/mol. The average molecular weight is 243 g/mol. The van der Waals surface area contributed by atoms with Gasteiger partial charge in [-0.25, -0.2) is 4.98 Å². The van der Waals surface area contributed by atoms with Crippen molar-refractivity contribution in [3.63, 3.8) is 0 Å². The van der Waals surface area contributed by atoms with Gasteiger partial charge in [0.15, 0.2) is 0 Å². The number of hydrazine groups is 1. The van der Waals surface area contributed by atoms with Crippen LogP contribution in [0, 0.1) is 0 Å². The van der Waals surface area contributed by atoms with Gasteiger partial charge in [-0.2, -0.15) is 16.9 Å². The van der Waals surface area contributed by atoms with Gasteiger partial charge < -0.3 is 0 Å². The van der Waals surface area contributed by atoms with E-state index in [0.717, 1.165) is 24.5 Å². The molecule has 1 unspecified atom stereocenters. The molecule has 0 amide bonds. The van der Waals surface area contributed by atoms with E-state index in [1.807, 2.05) is 16.4 Å². The lowest BCUT2D eigenvalue weighted by Gasteiger charge is -2.14. The number of nitrogens with two attached hydrogens (primary N) is 1. The van der Waals surface area contributed by atoms with Crippen LogP contribution in [0.2, 0.25) is 0 Å². The fourth-order valence-corrected chi connectivity index (χ4v) is 2.42. The highest BCUT2D eigenvalue weighted by Crippen LogP contribution is 2.08. The quantitative estimate of drug-likeness (QED) is 0.402. The molecule has 0 radical (unpaired) electrons. The molecule has 16 heavy (non-hydrogen) atoms. The summed E-state index contributed by atoms with van der Waals surface area (Å²) in [6.07, 6.45) is 3.64. The van der Waals surface area contributed by atoms with Crippen LogP contribution in [-0.2, 0) is 13.0 Å². The highest BCUT2D eigenvalue weighted by Gasteiger charge is 2.11. The van der Waals surface area contributed by atoms with E-state index >= 15 is 0 Å². The van der Waals surface area contributed by atoms with Gasteiger partial charge in [0.05, 0.1) is 0 Å². The molecule has 0 aromatic carbocycles. The maximum atomic E-state index is 5.54. The smallest absolute Gasteiger partial charge is 0.138 e. The fourth-order valence-electron chi connectivity index (χ4n) is 1.47. The second-order valence-electron chi connectivity index (χ2n) is 3.63. The van der Waals surface area contributed by atoms with E-state index < -0.39 is 0 Å². The van der Waals surface area contributed by atoms with Crippen molar-refractivity contribution in [2.24, 2.45) is 5.84 Å². The summed E-state index contributed by atoms with van der Waals surface area (Å²) in [4.78, 5) is 4.25. The predicted molar refractivity (Wildman–Crippen MR) is 68.1 cm³/mol. The Balaban J connectivity index is 2.43. The van der Waals surface area contributed by atoms with Crippen LogP contribution >= 0.6 is 11.8 Å². The first kappa shape index (κ1) is 13.5. The minimum Gasteiger partial charge on any atom is -0.271 e. The van der Waals surface area contributed by atoms with E-state index in [4.69, 9.17) is 5.84 Å². The first-order chi connectivity index (χ1) is 7.81. The zero-order chi connectivity index (χ0) is 11.8. The third-order valence-corrected chi connectivity index (χ3v) is 3.66.